The molecule has 0 aliphatic carbocycles. The van der Waals surface area contributed by atoms with Crippen LogP contribution in [0.2, 0.25) is 0 Å². The first-order chi connectivity index (χ1) is 18.0. The summed E-state index contributed by atoms with van der Waals surface area (Å²) in [6.45, 7) is 3.34. The molecule has 1 saturated heterocycles. The number of alkyl halides is 3. The number of H-pyrrole nitrogens is 1. The van der Waals surface area contributed by atoms with Crippen molar-refractivity contribution in [3.63, 3.8) is 0 Å². The third-order valence-corrected chi connectivity index (χ3v) is 7.92. The summed E-state index contributed by atoms with van der Waals surface area (Å²) in [6.07, 6.45) is 0.382. The zero-order valence-electron chi connectivity index (χ0n) is 20.1. The molecule has 5 rings (SSSR count). The Kier molecular flexibility index (Phi) is 6.90. The molecule has 1 aliphatic rings. The summed E-state index contributed by atoms with van der Waals surface area (Å²) in [7, 11) is 0. The number of benzene rings is 1. The molecular weight excluding hydrogens is 589 g/mol. The summed E-state index contributed by atoms with van der Waals surface area (Å²) in [4.78, 5) is 31.3. The molecule has 0 bridgehead atoms. The zero-order valence-corrected chi connectivity index (χ0v) is 22.5. The van der Waals surface area contributed by atoms with Crippen LogP contribution in [-0.4, -0.2) is 60.4 Å². The molecule has 1 aromatic carbocycles. The smallest absolute Gasteiger partial charge is 0.329 e. The second kappa shape index (κ2) is 10.0. The molecule has 3 aromatic heterocycles. The molecule has 4 heterocycles. The standard InChI is InChI=1S/C23H22BrF3N8O2S/c1-11-10-35(12(2)21(37)34-7-3-4-17(34)23(25,26)27)33-19(11)31-22-28-9-16(38-22)20(36)30-18-13-8-29-32-15(13)6-5-14(18)24/h5-6,8-10,12,17H,3-4,7H2,1-2H3,(H,29,32)(H,30,36)(H,28,31,33). The number of thiazole rings is 1. The normalized spacial score (nSPS) is 16.7. The topological polar surface area (TPSA) is 121 Å². The Morgan fingerprint density at radius 2 is 2.08 bits per heavy atom. The Hall–Kier alpha value is -3.46. The molecule has 1 fully saturated rings. The number of aromatic amines is 1. The van der Waals surface area contributed by atoms with Gasteiger partial charge in [-0.25, -0.2) is 4.98 Å². The van der Waals surface area contributed by atoms with Crippen LogP contribution < -0.4 is 10.6 Å². The number of hydrogen-bond acceptors (Lipinski definition) is 7. The van der Waals surface area contributed by atoms with Gasteiger partial charge < -0.3 is 15.5 Å². The van der Waals surface area contributed by atoms with E-state index in [1.807, 2.05) is 6.07 Å². The first kappa shape index (κ1) is 26.2. The van der Waals surface area contributed by atoms with Crippen LogP contribution in [0.5, 0.6) is 0 Å². The number of rotatable bonds is 6. The third-order valence-electron chi connectivity index (χ3n) is 6.35. The van der Waals surface area contributed by atoms with Gasteiger partial charge in [-0.2, -0.15) is 23.4 Å². The van der Waals surface area contributed by atoms with E-state index < -0.39 is 24.2 Å². The van der Waals surface area contributed by atoms with Crippen LogP contribution in [0, 0.1) is 6.92 Å². The van der Waals surface area contributed by atoms with Gasteiger partial charge in [0.05, 0.1) is 23.6 Å². The Balaban J connectivity index is 1.28. The molecule has 1 aliphatic heterocycles. The SMILES string of the molecule is Cc1cn(C(C)C(=O)N2CCCC2C(F)(F)F)nc1Nc1ncc(C(=O)Nc2c(Br)ccc3[nH]ncc23)s1. The van der Waals surface area contributed by atoms with E-state index >= 15 is 0 Å². The van der Waals surface area contributed by atoms with Gasteiger partial charge in [-0.15, -0.1) is 0 Å². The number of hydrogen-bond donors (Lipinski definition) is 3. The van der Waals surface area contributed by atoms with Crippen LogP contribution in [0.1, 0.15) is 41.0 Å². The molecule has 0 saturated carbocycles. The van der Waals surface area contributed by atoms with Crippen molar-refractivity contribution in [1.82, 2.24) is 29.9 Å². The maximum absolute atomic E-state index is 13.3. The number of halogens is 4. The largest absolute Gasteiger partial charge is 0.408 e. The van der Waals surface area contributed by atoms with Crippen LogP contribution in [0.3, 0.4) is 0 Å². The highest BCUT2D eigenvalue weighted by Gasteiger charge is 2.48. The second-order valence-corrected chi connectivity index (χ2v) is 10.8. The van der Waals surface area contributed by atoms with Crippen molar-refractivity contribution in [2.24, 2.45) is 0 Å². The van der Waals surface area contributed by atoms with E-state index in [0.717, 1.165) is 27.1 Å². The molecular formula is C23H22BrF3N8O2S. The zero-order chi connectivity index (χ0) is 27.2. The second-order valence-electron chi connectivity index (χ2n) is 8.91. The van der Waals surface area contributed by atoms with Crippen molar-refractivity contribution in [2.75, 3.05) is 17.2 Å². The number of anilines is 3. The summed E-state index contributed by atoms with van der Waals surface area (Å²) in [5.41, 5.74) is 2.01. The van der Waals surface area contributed by atoms with Crippen molar-refractivity contribution in [2.45, 2.75) is 44.9 Å². The van der Waals surface area contributed by atoms with Crippen LogP contribution in [0.25, 0.3) is 10.9 Å². The van der Waals surface area contributed by atoms with Crippen molar-refractivity contribution >= 4 is 66.6 Å². The predicted molar refractivity (Wildman–Crippen MR) is 140 cm³/mol. The van der Waals surface area contributed by atoms with Crippen molar-refractivity contribution in [3.05, 3.63) is 45.6 Å². The van der Waals surface area contributed by atoms with Gasteiger partial charge in [-0.3, -0.25) is 19.4 Å². The van der Waals surface area contributed by atoms with Crippen LogP contribution in [0.4, 0.5) is 29.8 Å². The van der Waals surface area contributed by atoms with Gasteiger partial charge in [0.15, 0.2) is 10.9 Å². The average Bonchev–Trinajstić information content (AvgIpc) is 3.67. The van der Waals surface area contributed by atoms with Gasteiger partial charge in [0, 0.05) is 28.2 Å². The number of nitrogens with one attached hydrogen (secondary N) is 3. The summed E-state index contributed by atoms with van der Waals surface area (Å²) >= 11 is 4.55. The number of carbonyl (C=O) groups is 2. The third kappa shape index (κ3) is 4.99. The number of likely N-dealkylation sites (tertiary alicyclic amines) is 1. The Morgan fingerprint density at radius 1 is 1.29 bits per heavy atom. The fourth-order valence-electron chi connectivity index (χ4n) is 4.36. The van der Waals surface area contributed by atoms with Crippen LogP contribution in [-0.2, 0) is 4.79 Å². The average molecular weight is 611 g/mol. The van der Waals surface area contributed by atoms with Crippen molar-refractivity contribution in [3.8, 4) is 0 Å². The molecule has 15 heteroatoms. The number of carbonyl (C=O) groups excluding carboxylic acids is 2. The lowest BCUT2D eigenvalue weighted by Gasteiger charge is -2.28. The lowest BCUT2D eigenvalue weighted by Crippen LogP contribution is -2.46. The highest BCUT2D eigenvalue weighted by atomic mass is 79.9. The number of nitrogens with zero attached hydrogens (tertiary/aromatic N) is 5. The van der Waals surface area contributed by atoms with Gasteiger partial charge >= 0.3 is 6.18 Å². The van der Waals surface area contributed by atoms with Gasteiger partial charge in [0.25, 0.3) is 5.91 Å². The van der Waals surface area contributed by atoms with Crippen molar-refractivity contribution in [1.29, 1.82) is 0 Å². The maximum atomic E-state index is 13.3. The Bertz CT molecular complexity index is 1510. The van der Waals surface area contributed by atoms with E-state index in [0.29, 0.717) is 38.0 Å². The minimum Gasteiger partial charge on any atom is -0.329 e. The summed E-state index contributed by atoms with van der Waals surface area (Å²) in [5.74, 6) is -0.618. The molecule has 4 aromatic rings. The van der Waals surface area contributed by atoms with E-state index in [1.165, 1.54) is 17.8 Å². The molecule has 2 amide bonds. The lowest BCUT2D eigenvalue weighted by molar-refractivity contribution is -0.184. The summed E-state index contributed by atoms with van der Waals surface area (Å²) < 4.78 is 42.0. The quantitative estimate of drug-likeness (QED) is 0.269. The fourth-order valence-corrected chi connectivity index (χ4v) is 5.52. The van der Waals surface area contributed by atoms with E-state index in [4.69, 9.17) is 0 Å². The van der Waals surface area contributed by atoms with Gasteiger partial charge in [-0.05, 0) is 54.8 Å². The number of aryl methyl sites for hydroxylation is 1. The summed E-state index contributed by atoms with van der Waals surface area (Å²) in [6, 6.07) is 0.946. The van der Waals surface area contributed by atoms with Gasteiger partial charge in [-0.1, -0.05) is 11.3 Å². The fraction of sp³-hybridized carbons (Fsp3) is 0.348. The number of amides is 2. The lowest BCUT2D eigenvalue weighted by atomic mass is 10.2. The van der Waals surface area contributed by atoms with Crippen LogP contribution in [0.15, 0.2) is 35.2 Å². The van der Waals surface area contributed by atoms with E-state index in [-0.39, 0.29) is 18.9 Å². The molecule has 0 radical (unpaired) electrons. The molecule has 2 atom stereocenters. The monoisotopic (exact) mass is 610 g/mol. The number of fused-ring (bicyclic) bond motifs is 1. The minimum atomic E-state index is -4.46. The molecule has 2 unspecified atom stereocenters. The van der Waals surface area contributed by atoms with Crippen LogP contribution >= 0.6 is 27.3 Å². The van der Waals surface area contributed by atoms with Crippen molar-refractivity contribution < 1.29 is 22.8 Å². The highest BCUT2D eigenvalue weighted by Crippen LogP contribution is 2.35. The van der Waals surface area contributed by atoms with E-state index in [2.05, 4.69) is 46.8 Å². The number of aromatic nitrogens is 5. The summed E-state index contributed by atoms with van der Waals surface area (Å²) in [5, 5.41) is 18.3. The van der Waals surface area contributed by atoms with Gasteiger partial charge in [0.1, 0.15) is 17.0 Å². The highest BCUT2D eigenvalue weighted by molar-refractivity contribution is 9.10. The predicted octanol–water partition coefficient (Wildman–Crippen LogP) is 5.40. The first-order valence-corrected chi connectivity index (χ1v) is 13.2. The Morgan fingerprint density at radius 3 is 2.84 bits per heavy atom. The van der Waals surface area contributed by atoms with E-state index in [1.54, 1.807) is 25.4 Å². The molecule has 38 heavy (non-hydrogen) atoms. The maximum Gasteiger partial charge on any atom is 0.408 e. The van der Waals surface area contributed by atoms with Gasteiger partial charge in [0.2, 0.25) is 5.91 Å². The van der Waals surface area contributed by atoms with E-state index in [9.17, 15) is 22.8 Å². The molecule has 3 N–H and O–H groups in total. The first-order valence-electron chi connectivity index (χ1n) is 11.6. The molecule has 10 nitrogen and oxygen atoms in total. The Labute approximate surface area is 226 Å². The molecule has 200 valence electrons. The molecule has 0 spiro atoms. The minimum absolute atomic E-state index is 0.0638.